The fourth-order valence-electron chi connectivity index (χ4n) is 3.57. The number of carbonyl (C=O) groups is 1. The first-order valence-corrected chi connectivity index (χ1v) is 9.90. The predicted octanol–water partition coefficient (Wildman–Crippen LogP) is 2.81. The van der Waals surface area contributed by atoms with Crippen molar-refractivity contribution in [1.82, 2.24) is 30.0 Å². The van der Waals surface area contributed by atoms with Crippen molar-refractivity contribution in [3.63, 3.8) is 0 Å². The van der Waals surface area contributed by atoms with Crippen LogP contribution in [0.2, 0.25) is 0 Å². The largest absolute Gasteiger partial charge is 0.353 e. The number of aryl methyl sites for hydroxylation is 1. The van der Waals surface area contributed by atoms with Gasteiger partial charge in [-0.3, -0.25) is 9.89 Å². The predicted molar refractivity (Wildman–Crippen MR) is 100 cm³/mol. The zero-order chi connectivity index (χ0) is 17.9. The maximum Gasteiger partial charge on any atom is 0.230 e. The number of thioether (sulfide) groups is 1. The van der Waals surface area contributed by atoms with Gasteiger partial charge in [0.05, 0.1) is 5.75 Å². The third-order valence-corrected chi connectivity index (χ3v) is 5.69. The lowest BCUT2D eigenvalue weighted by Gasteiger charge is -2.31. The molecule has 1 aromatic rings. The van der Waals surface area contributed by atoms with Crippen molar-refractivity contribution in [2.75, 3.05) is 5.75 Å². The molecule has 0 atom stereocenters. The number of fused-ring (bicyclic) bond motifs is 1. The molecule has 4 rings (SSSR count). The zero-order valence-corrected chi connectivity index (χ0v) is 15.5. The molecule has 0 saturated heterocycles. The molecule has 7 nitrogen and oxygen atoms in total. The quantitative estimate of drug-likeness (QED) is 0.674. The number of aromatic amines is 1. The molecule has 0 unspecified atom stereocenters. The van der Waals surface area contributed by atoms with Gasteiger partial charge in [0.2, 0.25) is 11.1 Å². The number of hydrogen-bond donors (Lipinski definition) is 2. The Hall–Kier alpha value is -2.35. The molecule has 0 radical (unpaired) electrons. The summed E-state index contributed by atoms with van der Waals surface area (Å²) in [6, 6.07) is 6.93. The molecule has 2 aliphatic heterocycles. The smallest absolute Gasteiger partial charge is 0.230 e. The van der Waals surface area contributed by atoms with Crippen molar-refractivity contribution < 1.29 is 4.79 Å². The van der Waals surface area contributed by atoms with Crippen LogP contribution in [0.15, 0.2) is 35.7 Å². The Bertz CT molecular complexity index is 851. The van der Waals surface area contributed by atoms with E-state index in [9.17, 15) is 4.79 Å². The maximum absolute atomic E-state index is 12.2. The highest BCUT2D eigenvalue weighted by molar-refractivity contribution is 7.99. The van der Waals surface area contributed by atoms with Crippen LogP contribution in [-0.2, 0) is 4.79 Å². The first kappa shape index (κ1) is 17.1. The number of carbonyl (C=O) groups excluding carboxylic acids is 1. The highest BCUT2D eigenvalue weighted by Crippen LogP contribution is 2.32. The van der Waals surface area contributed by atoms with E-state index in [2.05, 4.69) is 48.4 Å². The van der Waals surface area contributed by atoms with Crippen LogP contribution in [0, 0.1) is 6.92 Å². The lowest BCUT2D eigenvalue weighted by molar-refractivity contribution is -0.119. The number of amides is 1. The standard InChI is InChI=1S/C18H22N6OS/c1-12-20-18(23-22-12)26-11-16(25)21-14-4-6-15(7-5-14)24-10-2-3-13-8-9-19-17(13)24/h2-3,8-10,14-15H,4-7,11H2,1H3,(H,21,25)(H,20,22,23). The van der Waals surface area contributed by atoms with E-state index in [-0.39, 0.29) is 11.9 Å². The van der Waals surface area contributed by atoms with Crippen LogP contribution in [0.4, 0.5) is 0 Å². The van der Waals surface area contributed by atoms with E-state index in [0.29, 0.717) is 17.0 Å². The van der Waals surface area contributed by atoms with Gasteiger partial charge < -0.3 is 9.88 Å². The number of nitrogens with one attached hydrogen (secondary N) is 2. The van der Waals surface area contributed by atoms with Crippen molar-refractivity contribution >= 4 is 17.7 Å². The van der Waals surface area contributed by atoms with Gasteiger partial charge >= 0.3 is 0 Å². The first-order chi connectivity index (χ1) is 12.7. The topological polar surface area (TPSA) is 88.5 Å². The van der Waals surface area contributed by atoms with Crippen LogP contribution in [-0.4, -0.2) is 42.4 Å². The van der Waals surface area contributed by atoms with Crippen molar-refractivity contribution in [3.05, 3.63) is 36.4 Å². The molecular formula is C18H22N6OS. The number of hydrogen-bond acceptors (Lipinski definition) is 5. The number of H-pyrrole nitrogens is 1. The number of pyridine rings is 1. The number of rotatable bonds is 5. The zero-order valence-electron chi connectivity index (χ0n) is 14.7. The Balaban J connectivity index is 1.27. The van der Waals surface area contributed by atoms with Crippen molar-refractivity contribution in [1.29, 1.82) is 0 Å². The molecule has 1 saturated carbocycles. The summed E-state index contributed by atoms with van der Waals surface area (Å²) in [6.45, 7) is 1.85. The van der Waals surface area contributed by atoms with Crippen molar-refractivity contribution in [2.24, 2.45) is 0 Å². The first-order valence-electron chi connectivity index (χ1n) is 8.92. The summed E-state index contributed by atoms with van der Waals surface area (Å²) in [7, 11) is 0. The van der Waals surface area contributed by atoms with Crippen LogP contribution < -0.4 is 5.32 Å². The molecule has 0 bridgehead atoms. The van der Waals surface area contributed by atoms with Crippen LogP contribution in [0.1, 0.15) is 37.5 Å². The highest BCUT2D eigenvalue weighted by Gasteiger charge is 2.25. The molecule has 0 spiro atoms. The minimum absolute atomic E-state index is 0.0494. The minimum Gasteiger partial charge on any atom is -0.353 e. The molecule has 3 heterocycles. The van der Waals surface area contributed by atoms with Gasteiger partial charge in [0.1, 0.15) is 11.6 Å². The molecule has 3 aliphatic rings. The molecule has 1 amide bonds. The average molecular weight is 370 g/mol. The average Bonchev–Trinajstić information content (AvgIpc) is 3.29. The van der Waals surface area contributed by atoms with Crippen LogP contribution in [0.3, 0.4) is 0 Å². The molecule has 1 aliphatic carbocycles. The summed E-state index contributed by atoms with van der Waals surface area (Å²) < 4.78 is 2.29. The molecule has 1 aromatic heterocycles. The van der Waals surface area contributed by atoms with Gasteiger partial charge in [0, 0.05) is 30.0 Å². The van der Waals surface area contributed by atoms with E-state index in [0.717, 1.165) is 37.3 Å². The van der Waals surface area contributed by atoms with Gasteiger partial charge in [0.25, 0.3) is 0 Å². The van der Waals surface area contributed by atoms with Gasteiger partial charge in [0.15, 0.2) is 0 Å². The van der Waals surface area contributed by atoms with Crippen LogP contribution >= 0.6 is 11.8 Å². The summed E-state index contributed by atoms with van der Waals surface area (Å²) in [5.41, 5.74) is 1.18. The van der Waals surface area contributed by atoms with Gasteiger partial charge in [-0.2, -0.15) is 0 Å². The Morgan fingerprint density at radius 2 is 2.19 bits per heavy atom. The van der Waals surface area contributed by atoms with Crippen LogP contribution in [0.5, 0.6) is 0 Å². The molecular weight excluding hydrogens is 348 g/mol. The number of aromatic nitrogens is 5. The third-order valence-electron chi connectivity index (χ3n) is 4.84. The maximum atomic E-state index is 12.2. The van der Waals surface area contributed by atoms with Crippen molar-refractivity contribution in [2.45, 2.75) is 49.8 Å². The second-order valence-electron chi connectivity index (χ2n) is 6.70. The normalized spacial score (nSPS) is 20.3. The Kier molecular flexibility index (Phi) is 4.92. The summed E-state index contributed by atoms with van der Waals surface area (Å²) in [5.74, 6) is 2.22. The van der Waals surface area contributed by atoms with Gasteiger partial charge in [-0.15, -0.1) is 5.10 Å². The lowest BCUT2D eigenvalue weighted by Crippen LogP contribution is -2.39. The molecule has 26 heavy (non-hydrogen) atoms. The monoisotopic (exact) mass is 370 g/mol. The molecule has 0 aromatic carbocycles. The lowest BCUT2D eigenvalue weighted by atomic mass is 9.90. The molecule has 2 N–H and O–H groups in total. The van der Waals surface area contributed by atoms with E-state index >= 15 is 0 Å². The fraction of sp³-hybridized carbons (Fsp3) is 0.444. The third kappa shape index (κ3) is 3.75. The second-order valence-corrected chi connectivity index (χ2v) is 7.65. The van der Waals surface area contributed by atoms with E-state index < -0.39 is 0 Å². The molecule has 1 fully saturated rings. The summed E-state index contributed by atoms with van der Waals surface area (Å²) >= 11 is 1.36. The highest BCUT2D eigenvalue weighted by atomic mass is 32.2. The van der Waals surface area contributed by atoms with E-state index in [4.69, 9.17) is 0 Å². The number of nitrogens with zero attached hydrogens (tertiary/aromatic N) is 4. The molecule has 136 valence electrons. The van der Waals surface area contributed by atoms with Gasteiger partial charge in [-0.05, 0) is 50.8 Å². The van der Waals surface area contributed by atoms with Crippen LogP contribution in [0.25, 0.3) is 11.4 Å². The Labute approximate surface area is 156 Å². The SMILES string of the molecule is Cc1nc(SCC(=O)NC2CCC(n3cccc4ccnc3-4)CC2)n[nH]1. The summed E-state index contributed by atoms with van der Waals surface area (Å²) in [6.07, 6.45) is 8.06. The minimum atomic E-state index is 0.0494. The van der Waals surface area contributed by atoms with E-state index in [1.165, 1.54) is 17.3 Å². The molecule has 8 heteroatoms. The summed E-state index contributed by atoms with van der Waals surface area (Å²) in [4.78, 5) is 20.9. The second kappa shape index (κ2) is 7.49. The Morgan fingerprint density at radius 1 is 1.35 bits per heavy atom. The van der Waals surface area contributed by atoms with Gasteiger partial charge in [-0.1, -0.05) is 11.8 Å². The van der Waals surface area contributed by atoms with E-state index in [1.807, 2.05) is 19.2 Å². The van der Waals surface area contributed by atoms with E-state index in [1.54, 1.807) is 0 Å². The fourth-order valence-corrected chi connectivity index (χ4v) is 4.23. The summed E-state index contributed by atoms with van der Waals surface area (Å²) in [5, 5.41) is 10.6. The Morgan fingerprint density at radius 3 is 2.96 bits per heavy atom. The van der Waals surface area contributed by atoms with Crippen molar-refractivity contribution in [3.8, 4) is 11.4 Å². The van der Waals surface area contributed by atoms with Gasteiger partial charge in [-0.25, -0.2) is 9.97 Å².